The molecule has 23 heavy (non-hydrogen) atoms. The highest BCUT2D eigenvalue weighted by Crippen LogP contribution is 2.56. The third-order valence-corrected chi connectivity index (χ3v) is 6.26. The fourth-order valence-corrected chi connectivity index (χ4v) is 5.34. The molecule has 0 N–H and O–H groups in total. The van der Waals surface area contributed by atoms with Crippen LogP contribution in [0.1, 0.15) is 54.3 Å². The van der Waals surface area contributed by atoms with Gasteiger partial charge in [-0.1, -0.05) is 25.1 Å². The number of para-hydroxylation sites is 1. The Kier molecular flexibility index (Phi) is 3.10. The molecule has 1 saturated heterocycles. The first kappa shape index (κ1) is 14.7. The molecule has 0 amide bonds. The molecular weight excluding hydrogens is 280 g/mol. The zero-order valence-electron chi connectivity index (χ0n) is 14.9. The van der Waals surface area contributed by atoms with Crippen LogP contribution in [0.25, 0.3) is 0 Å². The molecule has 1 fully saturated rings. The highest BCUT2D eigenvalue weighted by atomic mass is 15.2. The second-order valence-corrected chi connectivity index (χ2v) is 7.68. The van der Waals surface area contributed by atoms with Gasteiger partial charge in [0.05, 0.1) is 0 Å². The summed E-state index contributed by atoms with van der Waals surface area (Å²) in [5.74, 6) is 0.513. The summed E-state index contributed by atoms with van der Waals surface area (Å²) < 4.78 is 0. The van der Waals surface area contributed by atoms with Crippen LogP contribution in [0.2, 0.25) is 0 Å². The number of anilines is 1. The van der Waals surface area contributed by atoms with E-state index in [0.717, 1.165) is 5.69 Å². The first-order valence-corrected chi connectivity index (χ1v) is 8.74. The van der Waals surface area contributed by atoms with Crippen LogP contribution >= 0.6 is 0 Å². The quantitative estimate of drug-likeness (QED) is 0.761. The fourth-order valence-electron chi connectivity index (χ4n) is 5.34. The zero-order valence-corrected chi connectivity index (χ0v) is 14.9. The first-order chi connectivity index (χ1) is 10.9. The minimum atomic E-state index is 0.206. The number of benzene rings is 1. The van der Waals surface area contributed by atoms with Crippen molar-refractivity contribution in [2.75, 3.05) is 11.4 Å². The van der Waals surface area contributed by atoms with Gasteiger partial charge < -0.3 is 4.90 Å². The van der Waals surface area contributed by atoms with Gasteiger partial charge in [-0.05, 0) is 62.9 Å². The van der Waals surface area contributed by atoms with Gasteiger partial charge in [-0.2, -0.15) is 0 Å². The molecule has 2 bridgehead atoms. The number of pyridine rings is 1. The van der Waals surface area contributed by atoms with E-state index in [4.69, 9.17) is 4.98 Å². The normalized spacial score (nSPS) is 28.8. The van der Waals surface area contributed by atoms with Crippen LogP contribution in [0.4, 0.5) is 5.69 Å². The second kappa shape index (κ2) is 4.83. The summed E-state index contributed by atoms with van der Waals surface area (Å²) in [6.07, 6.45) is 1.23. The number of rotatable bonds is 1. The summed E-state index contributed by atoms with van der Waals surface area (Å²) in [6, 6.07) is 11.8. The summed E-state index contributed by atoms with van der Waals surface area (Å²) in [4.78, 5) is 7.41. The molecule has 3 aliphatic rings. The van der Waals surface area contributed by atoms with Crippen molar-refractivity contribution < 1.29 is 0 Å². The maximum absolute atomic E-state index is 4.80. The maximum Gasteiger partial charge on any atom is 0.0414 e. The Hall–Kier alpha value is -1.83. The van der Waals surface area contributed by atoms with Crippen molar-refractivity contribution in [2.45, 2.75) is 58.4 Å². The van der Waals surface area contributed by atoms with E-state index in [9.17, 15) is 0 Å². The molecule has 2 nitrogen and oxygen atoms in total. The van der Waals surface area contributed by atoms with Crippen molar-refractivity contribution >= 4 is 5.69 Å². The van der Waals surface area contributed by atoms with E-state index in [0.29, 0.717) is 12.0 Å². The molecule has 1 aromatic heterocycles. The Balaban J connectivity index is 1.95. The van der Waals surface area contributed by atoms with Crippen LogP contribution in [-0.2, 0) is 5.41 Å². The van der Waals surface area contributed by atoms with Gasteiger partial charge in [-0.3, -0.25) is 4.98 Å². The van der Waals surface area contributed by atoms with Gasteiger partial charge in [-0.15, -0.1) is 0 Å². The van der Waals surface area contributed by atoms with E-state index in [1.165, 1.54) is 41.0 Å². The lowest BCUT2D eigenvalue weighted by Crippen LogP contribution is -2.58. The Morgan fingerprint density at radius 2 is 1.91 bits per heavy atom. The van der Waals surface area contributed by atoms with Crippen LogP contribution in [0.15, 0.2) is 30.3 Å². The molecule has 3 aliphatic heterocycles. The monoisotopic (exact) mass is 306 g/mol. The Bertz CT molecular complexity index is 756. The second-order valence-electron chi connectivity index (χ2n) is 7.68. The number of nitrogens with zero attached hydrogens (tertiary/aromatic N) is 2. The average molecular weight is 306 g/mol. The number of aryl methyl sites for hydroxylation is 3. The van der Waals surface area contributed by atoms with Gasteiger partial charge >= 0.3 is 0 Å². The smallest absolute Gasteiger partial charge is 0.0414 e. The minimum absolute atomic E-state index is 0.206. The van der Waals surface area contributed by atoms with Gasteiger partial charge in [0.1, 0.15) is 0 Å². The largest absolute Gasteiger partial charge is 0.368 e. The fraction of sp³-hybridized carbons (Fsp3) is 0.476. The zero-order chi connectivity index (χ0) is 16.4. The summed E-state index contributed by atoms with van der Waals surface area (Å²) in [5, 5.41) is 0. The van der Waals surface area contributed by atoms with Gasteiger partial charge in [0, 0.05) is 41.0 Å². The molecule has 1 aromatic carbocycles. The van der Waals surface area contributed by atoms with Gasteiger partial charge in [0.25, 0.3) is 0 Å². The van der Waals surface area contributed by atoms with E-state index in [-0.39, 0.29) is 5.41 Å². The Morgan fingerprint density at radius 1 is 1.17 bits per heavy atom. The number of aromatic nitrogens is 1. The molecule has 0 aliphatic carbocycles. The van der Waals surface area contributed by atoms with Crippen molar-refractivity contribution in [3.05, 3.63) is 58.4 Å². The lowest BCUT2D eigenvalue weighted by atomic mass is 9.58. The molecule has 0 saturated carbocycles. The van der Waals surface area contributed by atoms with Crippen molar-refractivity contribution in [3.8, 4) is 0 Å². The van der Waals surface area contributed by atoms with Gasteiger partial charge in [0.15, 0.2) is 0 Å². The third kappa shape index (κ3) is 1.90. The van der Waals surface area contributed by atoms with Crippen molar-refractivity contribution in [3.63, 3.8) is 0 Å². The topological polar surface area (TPSA) is 16.1 Å². The van der Waals surface area contributed by atoms with E-state index in [2.05, 4.69) is 69.9 Å². The summed E-state index contributed by atoms with van der Waals surface area (Å²) in [5.41, 5.74) is 8.39. The summed E-state index contributed by atoms with van der Waals surface area (Å²) >= 11 is 0. The van der Waals surface area contributed by atoms with E-state index in [1.807, 2.05) is 0 Å². The summed E-state index contributed by atoms with van der Waals surface area (Å²) in [7, 11) is 0. The predicted molar refractivity (Wildman–Crippen MR) is 96.4 cm³/mol. The van der Waals surface area contributed by atoms with Crippen molar-refractivity contribution in [2.24, 2.45) is 0 Å². The lowest BCUT2D eigenvalue weighted by Gasteiger charge is -2.58. The molecule has 2 heteroatoms. The Morgan fingerprint density at radius 3 is 2.65 bits per heavy atom. The average Bonchev–Trinajstić information content (AvgIpc) is 2.49. The first-order valence-electron chi connectivity index (χ1n) is 8.74. The number of hydrogen-bond acceptors (Lipinski definition) is 2. The van der Waals surface area contributed by atoms with Crippen LogP contribution in [0, 0.1) is 20.8 Å². The van der Waals surface area contributed by atoms with E-state index in [1.54, 1.807) is 0 Å². The minimum Gasteiger partial charge on any atom is -0.368 e. The molecule has 3 unspecified atom stereocenters. The van der Waals surface area contributed by atoms with Gasteiger partial charge in [0.2, 0.25) is 0 Å². The van der Waals surface area contributed by atoms with Crippen LogP contribution in [0.5, 0.6) is 0 Å². The Labute approximate surface area is 139 Å². The molecule has 120 valence electrons. The molecule has 3 atom stereocenters. The van der Waals surface area contributed by atoms with Crippen LogP contribution < -0.4 is 4.90 Å². The molecule has 5 rings (SSSR count). The molecular formula is C21H26N2. The van der Waals surface area contributed by atoms with Crippen LogP contribution in [0.3, 0.4) is 0 Å². The predicted octanol–water partition coefficient (Wildman–Crippen LogP) is 4.66. The molecule has 4 heterocycles. The highest BCUT2D eigenvalue weighted by molar-refractivity contribution is 5.65. The van der Waals surface area contributed by atoms with E-state index < -0.39 is 0 Å². The number of fused-ring (bicyclic) bond motifs is 2. The van der Waals surface area contributed by atoms with E-state index >= 15 is 0 Å². The third-order valence-electron chi connectivity index (χ3n) is 6.26. The highest BCUT2D eigenvalue weighted by Gasteiger charge is 2.52. The summed E-state index contributed by atoms with van der Waals surface area (Å²) in [6.45, 7) is 12.6. The van der Waals surface area contributed by atoms with Gasteiger partial charge in [-0.25, -0.2) is 0 Å². The molecule has 2 aromatic rings. The molecule has 0 spiro atoms. The van der Waals surface area contributed by atoms with Crippen LogP contribution in [-0.4, -0.2) is 17.6 Å². The number of hydrogen-bond donors (Lipinski definition) is 0. The van der Waals surface area contributed by atoms with Crippen molar-refractivity contribution in [1.29, 1.82) is 0 Å². The lowest BCUT2D eigenvalue weighted by molar-refractivity contribution is 0.241. The van der Waals surface area contributed by atoms with Crippen molar-refractivity contribution in [1.82, 2.24) is 4.98 Å². The maximum atomic E-state index is 4.80. The number of piperidine rings is 1. The standard InChI is InChI=1S/C21H26N2/c1-13-12-14(2)22-15(3)19(13)20-16(4)23-11-10-21(20,5)17-8-6-7-9-18(17)23/h6-9,12,16,20H,10-11H2,1-5H3. The SMILES string of the molecule is Cc1cc(C)c(C2C(C)N3CCC2(C)c2ccccc23)c(C)n1. The molecule has 0 radical (unpaired) electrons.